The van der Waals surface area contributed by atoms with Gasteiger partial charge in [0, 0.05) is 17.1 Å². The second kappa shape index (κ2) is 6.38. The van der Waals surface area contributed by atoms with Crippen LogP contribution < -0.4 is 4.74 Å². The molecule has 18 heavy (non-hydrogen) atoms. The lowest BCUT2D eigenvalue weighted by molar-refractivity contribution is 0.205. The molecule has 0 radical (unpaired) electrons. The largest absolute Gasteiger partial charge is 0.491 e. The van der Waals surface area contributed by atoms with Gasteiger partial charge in [0.1, 0.15) is 5.75 Å². The number of benzene rings is 1. The molecule has 0 aliphatic rings. The number of nitrogens with zero attached hydrogens (tertiary/aromatic N) is 1. The fourth-order valence-electron chi connectivity index (χ4n) is 1.68. The van der Waals surface area contributed by atoms with Crippen LogP contribution in [0.1, 0.15) is 11.5 Å². The molecule has 1 unspecified atom stereocenters. The Kier molecular flexibility index (Phi) is 4.56. The second-order valence-electron chi connectivity index (χ2n) is 3.90. The van der Waals surface area contributed by atoms with E-state index in [9.17, 15) is 5.11 Å². The predicted molar refractivity (Wildman–Crippen MR) is 71.0 cm³/mol. The Bertz CT molecular complexity index is 490. The van der Waals surface area contributed by atoms with Crippen molar-refractivity contribution in [3.05, 3.63) is 59.4 Å². The molecule has 0 amide bonds. The van der Waals surface area contributed by atoms with Crippen LogP contribution in [0.2, 0.25) is 5.02 Å². The van der Waals surface area contributed by atoms with Crippen LogP contribution in [-0.2, 0) is 0 Å². The number of aliphatic hydroxyl groups is 1. The van der Waals surface area contributed by atoms with E-state index in [4.69, 9.17) is 16.3 Å². The quantitative estimate of drug-likeness (QED) is 0.902. The van der Waals surface area contributed by atoms with Gasteiger partial charge in [-0.1, -0.05) is 29.8 Å². The van der Waals surface area contributed by atoms with Gasteiger partial charge in [0.25, 0.3) is 0 Å². The molecule has 2 rings (SSSR count). The zero-order valence-corrected chi connectivity index (χ0v) is 10.5. The van der Waals surface area contributed by atoms with Gasteiger partial charge >= 0.3 is 0 Å². The van der Waals surface area contributed by atoms with E-state index >= 15 is 0 Å². The lowest BCUT2D eigenvalue weighted by atomic mass is 10.0. The van der Waals surface area contributed by atoms with Crippen molar-refractivity contribution >= 4 is 11.6 Å². The Morgan fingerprint density at radius 2 is 2.06 bits per heavy atom. The molecule has 2 aromatic rings. The summed E-state index contributed by atoms with van der Waals surface area (Å²) in [6, 6.07) is 11.1. The van der Waals surface area contributed by atoms with Crippen LogP contribution in [0.25, 0.3) is 0 Å². The van der Waals surface area contributed by atoms with Gasteiger partial charge in [0.15, 0.2) is 0 Å². The van der Waals surface area contributed by atoms with Crippen LogP contribution in [0, 0.1) is 0 Å². The van der Waals surface area contributed by atoms with Gasteiger partial charge in [-0.25, -0.2) is 0 Å². The molecular formula is C14H14ClNO2. The minimum absolute atomic E-state index is 0.00993. The zero-order chi connectivity index (χ0) is 12.8. The summed E-state index contributed by atoms with van der Waals surface area (Å²) in [4.78, 5) is 3.97. The molecule has 0 saturated carbocycles. The molecule has 1 aromatic carbocycles. The van der Waals surface area contributed by atoms with E-state index in [2.05, 4.69) is 4.98 Å². The van der Waals surface area contributed by atoms with Crippen molar-refractivity contribution in [1.29, 1.82) is 0 Å². The lowest BCUT2D eigenvalue weighted by Crippen LogP contribution is -2.14. The number of hydrogen-bond donors (Lipinski definition) is 1. The fourth-order valence-corrected chi connectivity index (χ4v) is 1.97. The molecule has 0 fully saturated rings. The topological polar surface area (TPSA) is 42.4 Å². The van der Waals surface area contributed by atoms with E-state index in [0.717, 1.165) is 5.56 Å². The molecule has 1 N–H and O–H groups in total. The van der Waals surface area contributed by atoms with E-state index in [0.29, 0.717) is 17.4 Å². The van der Waals surface area contributed by atoms with Crippen LogP contribution in [-0.4, -0.2) is 23.3 Å². The van der Waals surface area contributed by atoms with Crippen molar-refractivity contribution in [3.8, 4) is 5.75 Å². The number of hydrogen-bond acceptors (Lipinski definition) is 3. The lowest BCUT2D eigenvalue weighted by Gasteiger charge is -2.16. The summed E-state index contributed by atoms with van der Waals surface area (Å²) < 4.78 is 5.59. The molecular weight excluding hydrogens is 250 g/mol. The van der Waals surface area contributed by atoms with Gasteiger partial charge in [-0.2, -0.15) is 0 Å². The highest BCUT2D eigenvalue weighted by Crippen LogP contribution is 2.24. The van der Waals surface area contributed by atoms with E-state index in [-0.39, 0.29) is 12.5 Å². The summed E-state index contributed by atoms with van der Waals surface area (Å²) in [5, 5.41) is 10.1. The smallest absolute Gasteiger partial charge is 0.137 e. The average molecular weight is 264 g/mol. The van der Waals surface area contributed by atoms with Crippen LogP contribution >= 0.6 is 11.6 Å². The minimum Gasteiger partial charge on any atom is -0.491 e. The zero-order valence-electron chi connectivity index (χ0n) is 9.79. The molecule has 0 saturated heterocycles. The highest BCUT2D eigenvalue weighted by atomic mass is 35.5. The van der Waals surface area contributed by atoms with Gasteiger partial charge in [0.2, 0.25) is 0 Å². The number of rotatable bonds is 5. The predicted octanol–water partition coefficient (Wildman–Crippen LogP) is 2.89. The number of ether oxygens (including phenoxy) is 1. The number of aromatic nitrogens is 1. The van der Waals surface area contributed by atoms with Crippen LogP contribution in [0.15, 0.2) is 48.8 Å². The summed E-state index contributed by atoms with van der Waals surface area (Å²) in [5.74, 6) is 0.543. The van der Waals surface area contributed by atoms with Crippen LogP contribution in [0.5, 0.6) is 5.75 Å². The molecule has 0 aliphatic carbocycles. The third kappa shape index (κ3) is 3.22. The third-order valence-electron chi connectivity index (χ3n) is 2.65. The standard InChI is InChI=1S/C14H14ClNO2/c15-14-6-2-1-5-13(14)11(9-17)10-18-12-4-3-7-16-8-12/h1-8,11,17H,9-10H2. The SMILES string of the molecule is OCC(COc1cccnc1)c1ccccc1Cl. The normalized spacial score (nSPS) is 12.1. The fraction of sp³-hybridized carbons (Fsp3) is 0.214. The summed E-state index contributed by atoms with van der Waals surface area (Å²) in [7, 11) is 0. The monoisotopic (exact) mass is 263 g/mol. The maximum Gasteiger partial charge on any atom is 0.137 e. The average Bonchev–Trinajstić information content (AvgIpc) is 2.42. The summed E-state index contributed by atoms with van der Waals surface area (Å²) in [5.41, 5.74) is 0.894. The summed E-state index contributed by atoms with van der Waals surface area (Å²) >= 11 is 6.10. The van der Waals surface area contributed by atoms with Gasteiger partial charge in [-0.05, 0) is 23.8 Å². The van der Waals surface area contributed by atoms with E-state index in [1.54, 1.807) is 18.5 Å². The first-order valence-electron chi connectivity index (χ1n) is 5.69. The Morgan fingerprint density at radius 1 is 1.22 bits per heavy atom. The van der Waals surface area contributed by atoms with Gasteiger partial charge < -0.3 is 9.84 Å². The molecule has 3 nitrogen and oxygen atoms in total. The van der Waals surface area contributed by atoms with Crippen molar-refractivity contribution in [2.24, 2.45) is 0 Å². The molecule has 1 atom stereocenters. The molecule has 94 valence electrons. The first-order valence-corrected chi connectivity index (χ1v) is 6.07. The third-order valence-corrected chi connectivity index (χ3v) is 3.00. The summed E-state index contributed by atoms with van der Waals surface area (Å²) in [6.45, 7) is 0.357. The minimum atomic E-state index is -0.140. The second-order valence-corrected chi connectivity index (χ2v) is 4.31. The molecule has 1 aromatic heterocycles. The van der Waals surface area contributed by atoms with Crippen molar-refractivity contribution in [1.82, 2.24) is 4.98 Å². The Morgan fingerprint density at radius 3 is 2.72 bits per heavy atom. The van der Waals surface area contributed by atoms with Crippen LogP contribution in [0.4, 0.5) is 0 Å². The van der Waals surface area contributed by atoms with Crippen molar-refractivity contribution in [2.75, 3.05) is 13.2 Å². The Balaban J connectivity index is 2.04. The van der Waals surface area contributed by atoms with Crippen LogP contribution in [0.3, 0.4) is 0 Å². The van der Waals surface area contributed by atoms with Gasteiger partial charge in [0.05, 0.1) is 19.4 Å². The number of pyridine rings is 1. The van der Waals surface area contributed by atoms with E-state index < -0.39 is 0 Å². The maximum absolute atomic E-state index is 9.43. The van der Waals surface area contributed by atoms with Gasteiger partial charge in [-0.15, -0.1) is 0 Å². The first kappa shape index (κ1) is 12.9. The highest BCUT2D eigenvalue weighted by Gasteiger charge is 2.14. The van der Waals surface area contributed by atoms with Gasteiger partial charge in [-0.3, -0.25) is 4.98 Å². The summed E-state index contributed by atoms with van der Waals surface area (Å²) in [6.07, 6.45) is 3.32. The number of halogens is 1. The molecule has 0 aliphatic heterocycles. The van der Waals surface area contributed by atoms with E-state index in [1.807, 2.05) is 30.3 Å². The molecule has 0 bridgehead atoms. The first-order chi connectivity index (χ1) is 8.81. The maximum atomic E-state index is 9.43. The molecule has 0 spiro atoms. The van der Waals surface area contributed by atoms with Crippen molar-refractivity contribution in [2.45, 2.75) is 5.92 Å². The van der Waals surface area contributed by atoms with E-state index in [1.165, 1.54) is 0 Å². The Labute approximate surface area is 111 Å². The number of aliphatic hydroxyl groups excluding tert-OH is 1. The highest BCUT2D eigenvalue weighted by molar-refractivity contribution is 6.31. The van der Waals surface area contributed by atoms with Crippen molar-refractivity contribution in [3.63, 3.8) is 0 Å². The Hall–Kier alpha value is -1.58. The van der Waals surface area contributed by atoms with Crippen molar-refractivity contribution < 1.29 is 9.84 Å². The molecule has 4 heteroatoms. The molecule has 1 heterocycles.